The molecule has 3 nitrogen and oxygen atoms in total. The van der Waals surface area contributed by atoms with E-state index in [4.69, 9.17) is 28.2 Å². The first-order valence-electron chi connectivity index (χ1n) is 8.72. The molecule has 0 radical (unpaired) electrons. The number of fused-ring (bicyclic) bond motifs is 1. The second-order valence-corrected chi connectivity index (χ2v) is 7.51. The summed E-state index contributed by atoms with van der Waals surface area (Å²) in [6, 6.07) is 3.57. The molecule has 2 aliphatic rings. The molecule has 6 heteroatoms. The quantitative estimate of drug-likeness (QED) is 0.585. The van der Waals surface area contributed by atoms with Crippen molar-refractivity contribution in [3.05, 3.63) is 58.9 Å². The summed E-state index contributed by atoms with van der Waals surface area (Å²) in [6.07, 6.45) is 8.49. The third-order valence-electron chi connectivity index (χ3n) is 4.92. The monoisotopic (exact) mass is 393 g/mol. The van der Waals surface area contributed by atoms with E-state index in [1.165, 1.54) is 6.42 Å². The zero-order chi connectivity index (χ0) is 18.7. The second kappa shape index (κ2) is 7.85. The van der Waals surface area contributed by atoms with Gasteiger partial charge in [-0.05, 0) is 25.0 Å². The van der Waals surface area contributed by atoms with E-state index in [-0.39, 0.29) is 5.54 Å². The third-order valence-corrected chi connectivity index (χ3v) is 5.64. The van der Waals surface area contributed by atoms with Crippen molar-refractivity contribution >= 4 is 40.4 Å². The number of hydrogen-bond donors (Lipinski definition) is 2. The fourth-order valence-electron chi connectivity index (χ4n) is 3.57. The molecule has 1 fully saturated rings. The molecule has 0 saturated heterocycles. The highest BCUT2D eigenvalue weighted by molar-refractivity contribution is 6.42. The zero-order valence-electron chi connectivity index (χ0n) is 14.5. The van der Waals surface area contributed by atoms with Gasteiger partial charge >= 0.3 is 0 Å². The molecule has 0 bridgehead atoms. The highest BCUT2D eigenvalue weighted by Crippen LogP contribution is 2.43. The molecule has 3 rings (SSSR count). The Morgan fingerprint density at radius 2 is 1.96 bits per heavy atom. The highest BCUT2D eigenvalue weighted by Gasteiger charge is 2.40. The topological polar surface area (TPSA) is 36.4 Å². The normalized spacial score (nSPS) is 18.6. The van der Waals surface area contributed by atoms with Crippen LogP contribution in [0.4, 0.5) is 15.8 Å². The molecule has 0 amide bonds. The minimum atomic E-state index is -0.477. The largest absolute Gasteiger partial charge is 0.371 e. The second-order valence-electron chi connectivity index (χ2n) is 6.70. The van der Waals surface area contributed by atoms with Crippen LogP contribution in [0.3, 0.4) is 0 Å². The molecular formula is C20H22Cl2FN3. The molecule has 0 atom stereocenters. The van der Waals surface area contributed by atoms with Crippen LogP contribution in [0.25, 0.3) is 0 Å². The van der Waals surface area contributed by atoms with Gasteiger partial charge in [0.15, 0.2) is 0 Å². The van der Waals surface area contributed by atoms with Gasteiger partial charge in [-0.3, -0.25) is 0 Å². The molecular weight excluding hydrogens is 372 g/mol. The molecule has 1 aliphatic heterocycles. The van der Waals surface area contributed by atoms with E-state index in [2.05, 4.69) is 23.8 Å². The number of aliphatic imine (C=N–C) groups is 1. The van der Waals surface area contributed by atoms with E-state index in [9.17, 15) is 4.39 Å². The van der Waals surface area contributed by atoms with Crippen molar-refractivity contribution in [2.75, 3.05) is 11.9 Å². The van der Waals surface area contributed by atoms with Crippen molar-refractivity contribution in [2.24, 2.45) is 4.99 Å². The van der Waals surface area contributed by atoms with E-state index < -0.39 is 5.83 Å². The highest BCUT2D eigenvalue weighted by atomic mass is 35.5. The average molecular weight is 394 g/mol. The van der Waals surface area contributed by atoms with Crippen LogP contribution in [0, 0.1) is 0 Å². The Morgan fingerprint density at radius 1 is 1.27 bits per heavy atom. The molecule has 1 aliphatic carbocycles. The molecule has 1 saturated carbocycles. The Hall–Kier alpha value is -1.78. The van der Waals surface area contributed by atoms with Crippen molar-refractivity contribution in [3.63, 3.8) is 0 Å². The Morgan fingerprint density at radius 3 is 2.62 bits per heavy atom. The van der Waals surface area contributed by atoms with Crippen molar-refractivity contribution in [1.29, 1.82) is 0 Å². The Kier molecular flexibility index (Phi) is 5.73. The fraction of sp³-hybridized carbons (Fsp3) is 0.350. The maximum atomic E-state index is 13.6. The van der Waals surface area contributed by atoms with Gasteiger partial charge in [-0.15, -0.1) is 0 Å². The minimum absolute atomic E-state index is 0.292. The van der Waals surface area contributed by atoms with Crippen LogP contribution in [0.5, 0.6) is 0 Å². The SMILES string of the molecule is C=C/C=C(/CNC1=Nc2cc(Cl)c(Cl)cc2NC12CCCCC2)C(=C)F. The number of hydrogen-bond acceptors (Lipinski definition) is 3. The van der Waals surface area contributed by atoms with E-state index in [1.807, 2.05) is 6.07 Å². The lowest BCUT2D eigenvalue weighted by molar-refractivity contribution is 0.397. The molecule has 1 aromatic carbocycles. The van der Waals surface area contributed by atoms with Gasteiger partial charge in [0, 0.05) is 12.1 Å². The molecule has 0 unspecified atom stereocenters. The first-order valence-corrected chi connectivity index (χ1v) is 9.47. The number of benzene rings is 1. The van der Waals surface area contributed by atoms with Crippen LogP contribution >= 0.6 is 23.2 Å². The molecule has 1 heterocycles. The summed E-state index contributed by atoms with van der Waals surface area (Å²) in [5.74, 6) is 0.328. The predicted molar refractivity (Wildman–Crippen MR) is 110 cm³/mol. The molecule has 0 aromatic heterocycles. The van der Waals surface area contributed by atoms with Crippen LogP contribution in [0.1, 0.15) is 32.1 Å². The van der Waals surface area contributed by atoms with Gasteiger partial charge in [-0.1, -0.05) is 67.8 Å². The van der Waals surface area contributed by atoms with Crippen molar-refractivity contribution in [2.45, 2.75) is 37.6 Å². The lowest BCUT2D eigenvalue weighted by Crippen LogP contribution is -2.55. The average Bonchev–Trinajstić information content (AvgIpc) is 2.61. The number of anilines is 1. The maximum absolute atomic E-state index is 13.6. The van der Waals surface area contributed by atoms with Gasteiger partial charge in [0.05, 0.1) is 27.0 Å². The van der Waals surface area contributed by atoms with Crippen LogP contribution in [-0.2, 0) is 0 Å². The molecule has 26 heavy (non-hydrogen) atoms. The van der Waals surface area contributed by atoms with E-state index in [0.717, 1.165) is 42.9 Å². The Labute approximate surface area is 163 Å². The van der Waals surface area contributed by atoms with Crippen molar-refractivity contribution in [3.8, 4) is 0 Å². The van der Waals surface area contributed by atoms with Crippen molar-refractivity contribution in [1.82, 2.24) is 5.32 Å². The number of nitrogens with one attached hydrogen (secondary N) is 2. The van der Waals surface area contributed by atoms with Gasteiger partial charge in [0.2, 0.25) is 0 Å². The lowest BCUT2D eigenvalue weighted by Gasteiger charge is -2.43. The minimum Gasteiger partial charge on any atom is -0.371 e. The van der Waals surface area contributed by atoms with E-state index in [0.29, 0.717) is 22.2 Å². The summed E-state index contributed by atoms with van der Waals surface area (Å²) < 4.78 is 13.6. The fourth-order valence-corrected chi connectivity index (χ4v) is 3.89. The first-order chi connectivity index (χ1) is 12.4. The van der Waals surface area contributed by atoms with Crippen LogP contribution in [0.2, 0.25) is 10.0 Å². The van der Waals surface area contributed by atoms with Crippen LogP contribution in [0.15, 0.2) is 53.8 Å². The van der Waals surface area contributed by atoms with Gasteiger partial charge in [0.25, 0.3) is 0 Å². The Balaban J connectivity index is 1.95. The Bertz CT molecular complexity index is 792. The van der Waals surface area contributed by atoms with Gasteiger partial charge < -0.3 is 10.6 Å². The van der Waals surface area contributed by atoms with Crippen molar-refractivity contribution < 1.29 is 4.39 Å². The van der Waals surface area contributed by atoms with Gasteiger partial charge in [-0.25, -0.2) is 9.38 Å². The molecule has 138 valence electrons. The molecule has 2 N–H and O–H groups in total. The van der Waals surface area contributed by atoms with E-state index >= 15 is 0 Å². The van der Waals surface area contributed by atoms with Gasteiger partial charge in [0.1, 0.15) is 11.7 Å². The molecule has 1 aromatic rings. The van der Waals surface area contributed by atoms with Gasteiger partial charge in [-0.2, -0.15) is 0 Å². The number of rotatable bonds is 4. The first kappa shape index (κ1) is 19.0. The number of allylic oxidation sites excluding steroid dienone is 2. The van der Waals surface area contributed by atoms with E-state index in [1.54, 1.807) is 18.2 Å². The number of nitrogens with zero attached hydrogens (tertiary/aromatic N) is 1. The van der Waals surface area contributed by atoms with Crippen LogP contribution in [-0.4, -0.2) is 17.9 Å². The standard InChI is InChI=1S/C20H22Cl2FN3/c1-3-7-14(13(2)23)12-24-19-20(8-5-4-6-9-20)26-18-11-16(22)15(21)10-17(18)25-19/h3,7,10-11,26H,1-2,4-6,8-9,12H2,(H,24,25)/b14-7-. The number of halogens is 3. The maximum Gasteiger partial charge on any atom is 0.128 e. The summed E-state index contributed by atoms with van der Waals surface area (Å²) in [5, 5.41) is 7.90. The predicted octanol–water partition coefficient (Wildman–Crippen LogP) is 6.34. The zero-order valence-corrected chi connectivity index (χ0v) is 16.1. The summed E-state index contributed by atoms with van der Waals surface area (Å²) in [4.78, 5) is 4.81. The summed E-state index contributed by atoms with van der Waals surface area (Å²) in [7, 11) is 0. The lowest BCUT2D eigenvalue weighted by atomic mass is 9.79. The summed E-state index contributed by atoms with van der Waals surface area (Å²) >= 11 is 12.3. The summed E-state index contributed by atoms with van der Waals surface area (Å²) in [5.41, 5.74) is 1.77. The number of amidine groups is 1. The third kappa shape index (κ3) is 3.81. The summed E-state index contributed by atoms with van der Waals surface area (Å²) in [6.45, 7) is 7.31. The molecule has 1 spiro atoms. The smallest absolute Gasteiger partial charge is 0.128 e. The van der Waals surface area contributed by atoms with Crippen LogP contribution < -0.4 is 10.6 Å².